The topological polar surface area (TPSA) is 42.0 Å². The molecular weight excluding hydrogens is 340 g/mol. The normalized spacial score (nSPS) is 12.1. The lowest BCUT2D eigenvalue weighted by molar-refractivity contribution is -0.119. The molecule has 3 aromatic rings. The Morgan fingerprint density at radius 2 is 1.88 bits per heavy atom. The van der Waals surface area contributed by atoms with Gasteiger partial charge in [-0.1, -0.05) is 65.8 Å². The molecule has 0 saturated carbocycles. The first-order valence-corrected chi connectivity index (χ1v) is 9.02. The van der Waals surface area contributed by atoms with Gasteiger partial charge in [-0.05, 0) is 30.7 Å². The van der Waals surface area contributed by atoms with Crippen LogP contribution in [0.4, 0.5) is 0 Å². The van der Waals surface area contributed by atoms with Gasteiger partial charge >= 0.3 is 0 Å². The summed E-state index contributed by atoms with van der Waals surface area (Å²) in [5, 5.41) is 5.57. The van der Waals surface area contributed by atoms with Gasteiger partial charge in [0.2, 0.25) is 5.91 Å². The molecule has 3 nitrogen and oxygen atoms in total. The molecule has 0 aliphatic heterocycles. The summed E-state index contributed by atoms with van der Waals surface area (Å²) < 4.78 is 0. The maximum atomic E-state index is 12.2. The number of hydrogen-bond acceptors (Lipinski definition) is 3. The predicted octanol–water partition coefficient (Wildman–Crippen LogP) is 4.86. The Kier molecular flexibility index (Phi) is 5.38. The number of rotatable bonds is 5. The Hall–Kier alpha value is -2.04. The van der Waals surface area contributed by atoms with Gasteiger partial charge in [-0.25, -0.2) is 4.98 Å². The summed E-state index contributed by atoms with van der Waals surface area (Å²) in [5.41, 5.74) is 1.86. The number of hydrogen-bond donors (Lipinski definition) is 1. The van der Waals surface area contributed by atoms with Crippen molar-refractivity contribution in [2.75, 3.05) is 5.75 Å². The summed E-state index contributed by atoms with van der Waals surface area (Å²) in [7, 11) is 0. The molecule has 0 saturated heterocycles. The van der Waals surface area contributed by atoms with Gasteiger partial charge in [0.1, 0.15) is 0 Å². The van der Waals surface area contributed by atoms with Crippen LogP contribution in [0.15, 0.2) is 65.7 Å². The van der Waals surface area contributed by atoms with Gasteiger partial charge in [0, 0.05) is 10.4 Å². The summed E-state index contributed by atoms with van der Waals surface area (Å²) in [4.78, 5) is 16.7. The molecule has 1 aromatic heterocycles. The van der Waals surface area contributed by atoms with Gasteiger partial charge in [0.25, 0.3) is 0 Å². The van der Waals surface area contributed by atoms with E-state index in [4.69, 9.17) is 11.6 Å². The molecule has 5 heteroatoms. The third-order valence-electron chi connectivity index (χ3n) is 3.67. The molecular formula is C19H17ClN2OS. The molecule has 0 bridgehead atoms. The number of aromatic nitrogens is 1. The second kappa shape index (κ2) is 7.69. The first kappa shape index (κ1) is 16.8. The number of carbonyl (C=O) groups is 1. The average Bonchev–Trinajstić information content (AvgIpc) is 2.60. The molecule has 24 heavy (non-hydrogen) atoms. The predicted molar refractivity (Wildman–Crippen MR) is 100 cm³/mol. The van der Waals surface area contributed by atoms with Crippen molar-refractivity contribution in [2.24, 2.45) is 0 Å². The second-order valence-electron chi connectivity index (χ2n) is 5.44. The molecule has 1 amide bonds. The van der Waals surface area contributed by atoms with Crippen LogP contribution in [0.1, 0.15) is 18.5 Å². The molecule has 0 aliphatic rings. The van der Waals surface area contributed by atoms with E-state index in [1.54, 1.807) is 0 Å². The Morgan fingerprint density at radius 3 is 2.71 bits per heavy atom. The maximum Gasteiger partial charge on any atom is 0.230 e. The van der Waals surface area contributed by atoms with Crippen LogP contribution in [0, 0.1) is 0 Å². The van der Waals surface area contributed by atoms with Crippen LogP contribution < -0.4 is 5.32 Å². The Labute approximate surface area is 150 Å². The number of nitrogens with zero attached hydrogens (tertiary/aromatic N) is 1. The van der Waals surface area contributed by atoms with Crippen molar-refractivity contribution in [3.05, 3.63) is 71.2 Å². The van der Waals surface area contributed by atoms with Crippen LogP contribution in [0.2, 0.25) is 5.02 Å². The fraction of sp³-hybridized carbons (Fsp3) is 0.158. The molecule has 1 atom stereocenters. The molecule has 0 spiro atoms. The summed E-state index contributed by atoms with van der Waals surface area (Å²) in [6.07, 6.45) is 0. The van der Waals surface area contributed by atoms with Gasteiger partial charge in [0.15, 0.2) is 0 Å². The highest BCUT2D eigenvalue weighted by molar-refractivity contribution is 7.99. The Bertz CT molecular complexity index is 869. The molecule has 1 heterocycles. The molecule has 0 aliphatic carbocycles. The number of thioether (sulfide) groups is 1. The van der Waals surface area contributed by atoms with E-state index in [0.717, 1.165) is 21.5 Å². The monoisotopic (exact) mass is 356 g/mol. The lowest BCUT2D eigenvalue weighted by Crippen LogP contribution is -2.28. The molecule has 1 N–H and O–H groups in total. The number of fused-ring (bicyclic) bond motifs is 1. The fourth-order valence-electron chi connectivity index (χ4n) is 2.45. The Morgan fingerprint density at radius 1 is 1.12 bits per heavy atom. The zero-order valence-electron chi connectivity index (χ0n) is 13.2. The van der Waals surface area contributed by atoms with E-state index in [1.807, 2.05) is 67.6 Å². The average molecular weight is 357 g/mol. The summed E-state index contributed by atoms with van der Waals surface area (Å²) >= 11 is 7.59. The van der Waals surface area contributed by atoms with Gasteiger partial charge in [0.05, 0.1) is 22.3 Å². The number of nitrogens with one attached hydrogen (secondary N) is 1. The molecule has 3 rings (SSSR count). The van der Waals surface area contributed by atoms with Crippen molar-refractivity contribution in [2.45, 2.75) is 18.0 Å². The highest BCUT2D eigenvalue weighted by Gasteiger charge is 2.12. The fourth-order valence-corrected chi connectivity index (χ4v) is 3.44. The zero-order chi connectivity index (χ0) is 16.9. The van der Waals surface area contributed by atoms with Gasteiger partial charge < -0.3 is 5.32 Å². The zero-order valence-corrected chi connectivity index (χ0v) is 14.8. The third kappa shape index (κ3) is 4.08. The Balaban J connectivity index is 1.59. The minimum Gasteiger partial charge on any atom is -0.349 e. The van der Waals surface area contributed by atoms with Crippen molar-refractivity contribution >= 4 is 40.2 Å². The van der Waals surface area contributed by atoms with Crippen LogP contribution >= 0.6 is 23.4 Å². The van der Waals surface area contributed by atoms with Crippen LogP contribution in [0.3, 0.4) is 0 Å². The van der Waals surface area contributed by atoms with E-state index in [9.17, 15) is 4.79 Å². The molecule has 2 aromatic carbocycles. The molecule has 0 fully saturated rings. The SMILES string of the molecule is C[C@H](NC(=O)CSc1ccc2ccccc2n1)c1ccccc1Cl. The standard InChI is InChI=1S/C19H17ClN2OS/c1-13(15-7-3-4-8-16(15)20)21-18(23)12-24-19-11-10-14-6-2-5-9-17(14)22-19/h2-11,13H,12H2,1H3,(H,21,23)/t13-/m0/s1. The van der Waals surface area contributed by atoms with E-state index < -0.39 is 0 Å². The van der Waals surface area contributed by atoms with E-state index in [2.05, 4.69) is 10.3 Å². The van der Waals surface area contributed by atoms with Crippen molar-refractivity contribution in [3.63, 3.8) is 0 Å². The third-order valence-corrected chi connectivity index (χ3v) is 4.95. The number of carbonyl (C=O) groups excluding carboxylic acids is 1. The number of amides is 1. The highest BCUT2D eigenvalue weighted by Crippen LogP contribution is 2.23. The molecule has 122 valence electrons. The van der Waals surface area contributed by atoms with Gasteiger partial charge in [-0.2, -0.15) is 0 Å². The van der Waals surface area contributed by atoms with Gasteiger partial charge in [-0.15, -0.1) is 0 Å². The molecule has 0 radical (unpaired) electrons. The summed E-state index contributed by atoms with van der Waals surface area (Å²) in [5.74, 6) is 0.280. The highest BCUT2D eigenvalue weighted by atomic mass is 35.5. The van der Waals surface area contributed by atoms with Crippen molar-refractivity contribution in [1.82, 2.24) is 10.3 Å². The largest absolute Gasteiger partial charge is 0.349 e. The van der Waals surface area contributed by atoms with E-state index >= 15 is 0 Å². The first-order chi connectivity index (χ1) is 11.6. The number of pyridine rings is 1. The van der Waals surface area contributed by atoms with E-state index in [1.165, 1.54) is 11.8 Å². The minimum atomic E-state index is -0.128. The smallest absolute Gasteiger partial charge is 0.230 e. The van der Waals surface area contributed by atoms with Crippen LogP contribution in [0.25, 0.3) is 10.9 Å². The van der Waals surface area contributed by atoms with Gasteiger partial charge in [-0.3, -0.25) is 4.79 Å². The number of benzene rings is 2. The van der Waals surface area contributed by atoms with E-state index in [-0.39, 0.29) is 11.9 Å². The maximum absolute atomic E-state index is 12.2. The summed E-state index contributed by atoms with van der Waals surface area (Å²) in [6, 6.07) is 19.3. The summed E-state index contributed by atoms with van der Waals surface area (Å²) in [6.45, 7) is 1.93. The lowest BCUT2D eigenvalue weighted by Gasteiger charge is -2.15. The number of para-hydroxylation sites is 1. The van der Waals surface area contributed by atoms with Crippen molar-refractivity contribution in [1.29, 1.82) is 0 Å². The van der Waals surface area contributed by atoms with Crippen LogP contribution in [-0.2, 0) is 4.79 Å². The van der Waals surface area contributed by atoms with Crippen molar-refractivity contribution in [3.8, 4) is 0 Å². The first-order valence-electron chi connectivity index (χ1n) is 7.66. The quantitative estimate of drug-likeness (QED) is 0.664. The van der Waals surface area contributed by atoms with E-state index in [0.29, 0.717) is 10.8 Å². The minimum absolute atomic E-state index is 0.0395. The lowest BCUT2D eigenvalue weighted by atomic mass is 10.1. The van der Waals surface area contributed by atoms with Crippen LogP contribution in [0.5, 0.6) is 0 Å². The molecule has 0 unspecified atom stereocenters. The van der Waals surface area contributed by atoms with Crippen molar-refractivity contribution < 1.29 is 4.79 Å². The number of halogens is 1. The second-order valence-corrected chi connectivity index (χ2v) is 6.84. The van der Waals surface area contributed by atoms with Crippen LogP contribution in [-0.4, -0.2) is 16.6 Å².